The molecule has 0 spiro atoms. The summed E-state index contributed by atoms with van der Waals surface area (Å²) in [6, 6.07) is 5.61. The lowest BCUT2D eigenvalue weighted by molar-refractivity contribution is 0.491. The molecule has 0 aliphatic heterocycles. The van der Waals surface area contributed by atoms with E-state index < -0.39 is 0 Å². The van der Waals surface area contributed by atoms with E-state index in [-0.39, 0.29) is 0 Å². The molecule has 1 aromatic heterocycles. The number of oxazole rings is 1. The summed E-state index contributed by atoms with van der Waals surface area (Å²) in [4.78, 5) is 4.15. The van der Waals surface area contributed by atoms with Crippen molar-refractivity contribution < 1.29 is 4.42 Å². The molecule has 0 aliphatic carbocycles. The van der Waals surface area contributed by atoms with Crippen LogP contribution >= 0.6 is 27.5 Å². The summed E-state index contributed by atoms with van der Waals surface area (Å²) in [5, 5.41) is 3.64. The van der Waals surface area contributed by atoms with Gasteiger partial charge in [0.1, 0.15) is 0 Å². The summed E-state index contributed by atoms with van der Waals surface area (Å²) >= 11 is 9.35. The van der Waals surface area contributed by atoms with E-state index in [2.05, 4.69) is 26.2 Å². The summed E-state index contributed by atoms with van der Waals surface area (Å²) in [6.45, 7) is 0.613. The first-order valence-electron chi connectivity index (χ1n) is 4.75. The molecular formula is C11H10BrClN2O. The number of aromatic nitrogens is 1. The van der Waals surface area contributed by atoms with Gasteiger partial charge < -0.3 is 9.73 Å². The molecule has 2 aromatic rings. The van der Waals surface area contributed by atoms with E-state index in [1.807, 2.05) is 25.2 Å². The maximum atomic E-state index is 5.96. The van der Waals surface area contributed by atoms with Gasteiger partial charge in [-0.25, -0.2) is 4.98 Å². The zero-order valence-electron chi connectivity index (χ0n) is 8.63. The van der Waals surface area contributed by atoms with Crippen molar-refractivity contribution in [2.45, 2.75) is 6.54 Å². The Kier molecular flexibility index (Phi) is 3.63. The Morgan fingerprint density at radius 1 is 1.44 bits per heavy atom. The minimum atomic E-state index is 0.613. The van der Waals surface area contributed by atoms with E-state index in [0.29, 0.717) is 23.2 Å². The third-order valence-electron chi connectivity index (χ3n) is 2.03. The first-order chi connectivity index (χ1) is 7.69. The number of benzene rings is 1. The van der Waals surface area contributed by atoms with Crippen molar-refractivity contribution in [3.05, 3.63) is 39.8 Å². The average Bonchev–Trinajstić information content (AvgIpc) is 2.65. The highest BCUT2D eigenvalue weighted by atomic mass is 79.9. The Labute approximate surface area is 107 Å². The van der Waals surface area contributed by atoms with Gasteiger partial charge in [-0.3, -0.25) is 0 Å². The van der Waals surface area contributed by atoms with Gasteiger partial charge in [-0.1, -0.05) is 27.5 Å². The number of nitrogens with one attached hydrogen (secondary N) is 1. The van der Waals surface area contributed by atoms with Crippen LogP contribution in [0.2, 0.25) is 5.02 Å². The third kappa shape index (κ3) is 2.64. The lowest BCUT2D eigenvalue weighted by Crippen LogP contribution is -2.04. The predicted octanol–water partition coefficient (Wildman–Crippen LogP) is 3.48. The van der Waals surface area contributed by atoms with E-state index in [4.69, 9.17) is 16.0 Å². The largest absolute Gasteiger partial charge is 0.439 e. The SMILES string of the molecule is CNCc1ncc(-c2cc(Cl)cc(Br)c2)o1. The molecule has 0 atom stereocenters. The molecule has 0 radical (unpaired) electrons. The van der Waals surface area contributed by atoms with Gasteiger partial charge in [-0.2, -0.15) is 0 Å². The van der Waals surface area contributed by atoms with Crippen molar-refractivity contribution in [1.29, 1.82) is 0 Å². The molecular weight excluding hydrogens is 291 g/mol. The Hall–Kier alpha value is -0.840. The molecule has 0 fully saturated rings. The van der Waals surface area contributed by atoms with Gasteiger partial charge in [-0.15, -0.1) is 0 Å². The van der Waals surface area contributed by atoms with E-state index >= 15 is 0 Å². The zero-order chi connectivity index (χ0) is 11.5. The van der Waals surface area contributed by atoms with E-state index in [9.17, 15) is 0 Å². The third-order valence-corrected chi connectivity index (χ3v) is 2.70. The number of halogens is 2. The Morgan fingerprint density at radius 3 is 2.94 bits per heavy atom. The van der Waals surface area contributed by atoms with Crippen molar-refractivity contribution in [2.75, 3.05) is 7.05 Å². The van der Waals surface area contributed by atoms with Gasteiger partial charge in [0.05, 0.1) is 12.7 Å². The van der Waals surface area contributed by atoms with Crippen LogP contribution < -0.4 is 5.32 Å². The van der Waals surface area contributed by atoms with Crippen molar-refractivity contribution >= 4 is 27.5 Å². The molecule has 0 saturated carbocycles. The highest BCUT2D eigenvalue weighted by Crippen LogP contribution is 2.27. The topological polar surface area (TPSA) is 38.1 Å². The van der Waals surface area contributed by atoms with Crippen LogP contribution in [-0.4, -0.2) is 12.0 Å². The van der Waals surface area contributed by atoms with E-state index in [1.165, 1.54) is 0 Å². The average molecular weight is 302 g/mol. The molecule has 0 bridgehead atoms. The van der Waals surface area contributed by atoms with Crippen LogP contribution in [-0.2, 0) is 6.54 Å². The number of hydrogen-bond donors (Lipinski definition) is 1. The highest BCUT2D eigenvalue weighted by Gasteiger charge is 2.07. The summed E-state index contributed by atoms with van der Waals surface area (Å²) in [5.74, 6) is 1.38. The van der Waals surface area contributed by atoms with E-state index in [1.54, 1.807) is 6.20 Å². The summed E-state index contributed by atoms with van der Waals surface area (Å²) < 4.78 is 6.49. The number of nitrogens with zero attached hydrogens (tertiary/aromatic N) is 1. The molecule has 0 amide bonds. The maximum absolute atomic E-state index is 5.96. The van der Waals surface area contributed by atoms with Crippen LogP contribution in [0.1, 0.15) is 5.89 Å². The summed E-state index contributed by atoms with van der Waals surface area (Å²) in [7, 11) is 1.85. The molecule has 16 heavy (non-hydrogen) atoms. The van der Waals surface area contributed by atoms with Crippen LogP contribution in [0.15, 0.2) is 33.3 Å². The molecule has 1 aromatic carbocycles. The Balaban J connectivity index is 2.34. The molecule has 1 heterocycles. The van der Waals surface area contributed by atoms with Crippen molar-refractivity contribution in [1.82, 2.24) is 10.3 Å². The smallest absolute Gasteiger partial charge is 0.208 e. The van der Waals surface area contributed by atoms with Gasteiger partial charge in [0, 0.05) is 15.1 Å². The quantitative estimate of drug-likeness (QED) is 0.943. The minimum Gasteiger partial charge on any atom is -0.439 e. The molecule has 0 unspecified atom stereocenters. The van der Waals surface area contributed by atoms with Gasteiger partial charge >= 0.3 is 0 Å². The minimum absolute atomic E-state index is 0.613. The molecule has 5 heteroatoms. The second-order valence-electron chi connectivity index (χ2n) is 3.31. The van der Waals surface area contributed by atoms with Crippen LogP contribution in [0.25, 0.3) is 11.3 Å². The first kappa shape index (κ1) is 11.6. The van der Waals surface area contributed by atoms with Gasteiger partial charge in [-0.05, 0) is 25.2 Å². The molecule has 0 saturated heterocycles. The second kappa shape index (κ2) is 4.99. The zero-order valence-corrected chi connectivity index (χ0v) is 11.0. The molecule has 1 N–H and O–H groups in total. The molecule has 3 nitrogen and oxygen atoms in total. The number of hydrogen-bond acceptors (Lipinski definition) is 3. The second-order valence-corrected chi connectivity index (χ2v) is 4.66. The van der Waals surface area contributed by atoms with Gasteiger partial charge in [0.25, 0.3) is 0 Å². The number of rotatable bonds is 3. The van der Waals surface area contributed by atoms with Crippen LogP contribution in [0, 0.1) is 0 Å². The monoisotopic (exact) mass is 300 g/mol. The maximum Gasteiger partial charge on any atom is 0.208 e. The molecule has 0 aliphatic rings. The summed E-state index contributed by atoms with van der Waals surface area (Å²) in [6.07, 6.45) is 1.70. The fourth-order valence-corrected chi connectivity index (χ4v) is 2.23. The van der Waals surface area contributed by atoms with E-state index in [0.717, 1.165) is 10.0 Å². The molecule has 2 rings (SSSR count). The highest BCUT2D eigenvalue weighted by molar-refractivity contribution is 9.10. The standard InChI is InChI=1S/C11H10BrClN2O/c1-14-6-11-15-5-10(16-11)7-2-8(12)4-9(13)3-7/h2-5,14H,6H2,1H3. The fourth-order valence-electron chi connectivity index (χ4n) is 1.37. The normalized spacial score (nSPS) is 10.7. The van der Waals surface area contributed by atoms with Gasteiger partial charge in [0.15, 0.2) is 5.76 Å². The van der Waals surface area contributed by atoms with Gasteiger partial charge in [0.2, 0.25) is 5.89 Å². The summed E-state index contributed by atoms with van der Waals surface area (Å²) in [5.41, 5.74) is 0.911. The lowest BCUT2D eigenvalue weighted by Gasteiger charge is -1.99. The van der Waals surface area contributed by atoms with Crippen molar-refractivity contribution in [3.8, 4) is 11.3 Å². The Morgan fingerprint density at radius 2 is 2.25 bits per heavy atom. The lowest BCUT2D eigenvalue weighted by atomic mass is 10.2. The fraction of sp³-hybridized carbons (Fsp3) is 0.182. The molecule has 84 valence electrons. The van der Waals surface area contributed by atoms with Crippen molar-refractivity contribution in [3.63, 3.8) is 0 Å². The van der Waals surface area contributed by atoms with Crippen LogP contribution in [0.4, 0.5) is 0 Å². The van der Waals surface area contributed by atoms with Crippen molar-refractivity contribution in [2.24, 2.45) is 0 Å². The first-order valence-corrected chi connectivity index (χ1v) is 5.92. The predicted molar refractivity (Wildman–Crippen MR) is 67.4 cm³/mol. The Bertz CT molecular complexity index is 478. The van der Waals surface area contributed by atoms with Crippen LogP contribution in [0.3, 0.4) is 0 Å². The van der Waals surface area contributed by atoms with Crippen LogP contribution in [0.5, 0.6) is 0 Å².